The molecular formula is C49H56N2O3. The van der Waals surface area contributed by atoms with Crippen LogP contribution in [0.15, 0.2) is 140 Å². The number of Topliss-reactive ketones (excluding diaryl/α,β-unsaturated/α-hetero) is 1. The molecule has 0 radical (unpaired) electrons. The van der Waals surface area contributed by atoms with E-state index in [2.05, 4.69) is 67.4 Å². The van der Waals surface area contributed by atoms with Crippen molar-refractivity contribution in [2.45, 2.75) is 75.5 Å². The normalized spacial score (nSPS) is 19.9. The second-order valence-corrected chi connectivity index (χ2v) is 16.6. The van der Waals surface area contributed by atoms with E-state index in [9.17, 15) is 15.0 Å². The minimum absolute atomic E-state index is 0.0176. The average molecular weight is 721 g/mol. The molecule has 5 aromatic carbocycles. The molecule has 0 spiro atoms. The van der Waals surface area contributed by atoms with Crippen molar-refractivity contribution in [2.75, 3.05) is 26.2 Å². The zero-order valence-corrected chi connectivity index (χ0v) is 32.1. The number of hydrogen-bond acceptors (Lipinski definition) is 5. The third kappa shape index (κ3) is 7.87. The highest BCUT2D eigenvalue weighted by Gasteiger charge is 2.44. The Kier molecular flexibility index (Phi) is 11.3. The average Bonchev–Trinajstić information content (AvgIpc) is 3.23. The van der Waals surface area contributed by atoms with Crippen LogP contribution in [0.5, 0.6) is 0 Å². The van der Waals surface area contributed by atoms with Crippen molar-refractivity contribution in [2.24, 2.45) is 11.8 Å². The van der Waals surface area contributed by atoms with E-state index in [0.29, 0.717) is 6.42 Å². The molecule has 5 heteroatoms. The molecule has 0 bridgehead atoms. The summed E-state index contributed by atoms with van der Waals surface area (Å²) in [5.41, 5.74) is 4.66. The summed E-state index contributed by atoms with van der Waals surface area (Å²) in [7, 11) is 0. The third-order valence-electron chi connectivity index (χ3n) is 12.3. The lowest BCUT2D eigenvalue weighted by molar-refractivity contribution is -0.0142. The van der Waals surface area contributed by atoms with E-state index < -0.39 is 11.2 Å². The Bertz CT molecular complexity index is 1910. The van der Waals surface area contributed by atoms with Crippen LogP contribution in [0.4, 0.5) is 0 Å². The van der Waals surface area contributed by atoms with Gasteiger partial charge < -0.3 is 20.4 Å². The number of nitrogens with zero attached hydrogens (tertiary/aromatic N) is 1. The monoisotopic (exact) mass is 720 g/mol. The van der Waals surface area contributed by atoms with Gasteiger partial charge in [0.25, 0.3) is 0 Å². The molecule has 3 atom stereocenters. The van der Waals surface area contributed by atoms with Crippen molar-refractivity contribution in [3.63, 3.8) is 0 Å². The fourth-order valence-corrected chi connectivity index (χ4v) is 9.01. The maximum Gasteiger partial charge on any atom is 0.164 e. The minimum Gasteiger partial charge on any atom is -0.380 e. The van der Waals surface area contributed by atoms with Gasteiger partial charge in [0, 0.05) is 24.6 Å². The van der Waals surface area contributed by atoms with Crippen molar-refractivity contribution in [1.29, 1.82) is 0 Å². The number of carbonyl (C=O) groups excluding carboxylic acids is 1. The number of aliphatic hydroxyl groups is 2. The van der Waals surface area contributed by atoms with Gasteiger partial charge in [0.15, 0.2) is 5.78 Å². The van der Waals surface area contributed by atoms with Gasteiger partial charge in [-0.3, -0.25) is 4.79 Å². The zero-order valence-electron chi connectivity index (χ0n) is 32.1. The van der Waals surface area contributed by atoms with Crippen molar-refractivity contribution >= 4 is 5.78 Å². The molecular weight excluding hydrogens is 665 g/mol. The second kappa shape index (κ2) is 16.1. The molecule has 7 rings (SSSR count). The Hall–Kier alpha value is -4.39. The predicted octanol–water partition coefficient (Wildman–Crippen LogP) is 9.18. The van der Waals surface area contributed by atoms with Gasteiger partial charge in [-0.05, 0) is 95.9 Å². The molecule has 280 valence electrons. The SMILES string of the molecule is CC(C)(C)c1ccc(C(=O)CCN2CCC(C(O)(c3ccccc3)c3ccc(C4CC(C(O)(c5ccccc5)c5ccccc5)CCN4)cc3)CC2)cc1. The predicted molar refractivity (Wildman–Crippen MR) is 218 cm³/mol. The van der Waals surface area contributed by atoms with E-state index in [1.165, 1.54) is 5.56 Å². The molecule has 3 unspecified atom stereocenters. The summed E-state index contributed by atoms with van der Waals surface area (Å²) in [5, 5.41) is 29.1. The summed E-state index contributed by atoms with van der Waals surface area (Å²) in [6, 6.07) is 47.0. The van der Waals surface area contributed by atoms with Gasteiger partial charge >= 0.3 is 0 Å². The summed E-state index contributed by atoms with van der Waals surface area (Å²) >= 11 is 0. The number of hydrogen-bond donors (Lipinski definition) is 3. The van der Waals surface area contributed by atoms with Crippen LogP contribution in [0.3, 0.4) is 0 Å². The number of ketones is 1. The van der Waals surface area contributed by atoms with Crippen LogP contribution in [-0.4, -0.2) is 47.1 Å². The van der Waals surface area contributed by atoms with E-state index in [1.807, 2.05) is 103 Å². The van der Waals surface area contributed by atoms with Crippen LogP contribution in [0.25, 0.3) is 0 Å². The van der Waals surface area contributed by atoms with Crippen LogP contribution in [-0.2, 0) is 16.6 Å². The molecule has 0 saturated carbocycles. The number of piperidine rings is 2. The standard InChI is InChI=1S/C49H56N2O3/c1-47(2,3)38-23-21-37(22-24-38)46(52)30-34-51-32-28-43(29-33-51)48(53,39-13-7-4-8-14-39)42-25-19-36(20-26-42)45-35-44(27-31-50-45)49(54,40-15-9-5-10-16-40)41-17-11-6-12-18-41/h4-26,43-45,50,53-54H,27-35H2,1-3H3. The van der Waals surface area contributed by atoms with Gasteiger partial charge in [-0.15, -0.1) is 0 Å². The highest BCUT2D eigenvalue weighted by molar-refractivity contribution is 5.96. The molecule has 0 aromatic heterocycles. The highest BCUT2D eigenvalue weighted by atomic mass is 16.3. The molecule has 2 fully saturated rings. The molecule has 54 heavy (non-hydrogen) atoms. The topological polar surface area (TPSA) is 72.8 Å². The fourth-order valence-electron chi connectivity index (χ4n) is 9.01. The Morgan fingerprint density at radius 1 is 0.611 bits per heavy atom. The third-order valence-corrected chi connectivity index (χ3v) is 12.3. The van der Waals surface area contributed by atoms with E-state index >= 15 is 0 Å². The molecule has 2 aliphatic heterocycles. The smallest absolute Gasteiger partial charge is 0.164 e. The first-order valence-electron chi connectivity index (χ1n) is 19.9. The maximum atomic E-state index is 13.1. The van der Waals surface area contributed by atoms with Crippen LogP contribution >= 0.6 is 0 Å². The van der Waals surface area contributed by atoms with Gasteiger partial charge in [0.1, 0.15) is 11.2 Å². The molecule has 0 amide bonds. The summed E-state index contributed by atoms with van der Waals surface area (Å²) in [5.74, 6) is 0.234. The van der Waals surface area contributed by atoms with Gasteiger partial charge in [-0.25, -0.2) is 0 Å². The zero-order chi connectivity index (χ0) is 37.8. The lowest BCUT2D eigenvalue weighted by Gasteiger charge is -2.43. The Balaban J connectivity index is 1.05. The maximum absolute atomic E-state index is 13.1. The van der Waals surface area contributed by atoms with Crippen molar-refractivity contribution in [3.05, 3.63) is 178 Å². The van der Waals surface area contributed by atoms with E-state index in [0.717, 1.165) is 85.2 Å². The number of carbonyl (C=O) groups is 1. The van der Waals surface area contributed by atoms with Crippen molar-refractivity contribution in [1.82, 2.24) is 10.2 Å². The highest BCUT2D eigenvalue weighted by Crippen LogP contribution is 2.46. The number of rotatable bonds is 11. The summed E-state index contributed by atoms with van der Waals surface area (Å²) < 4.78 is 0. The minimum atomic E-state index is -1.14. The quantitative estimate of drug-likeness (QED) is 0.119. The van der Waals surface area contributed by atoms with Gasteiger partial charge in [-0.1, -0.05) is 160 Å². The molecule has 5 nitrogen and oxygen atoms in total. The lowest BCUT2D eigenvalue weighted by atomic mass is 9.70. The van der Waals surface area contributed by atoms with Gasteiger partial charge in [-0.2, -0.15) is 0 Å². The molecule has 0 aliphatic carbocycles. The van der Waals surface area contributed by atoms with Gasteiger partial charge in [0.2, 0.25) is 0 Å². The van der Waals surface area contributed by atoms with Crippen molar-refractivity contribution in [3.8, 4) is 0 Å². The summed E-state index contributed by atoms with van der Waals surface area (Å²) in [6.45, 7) is 9.77. The van der Waals surface area contributed by atoms with E-state index in [4.69, 9.17) is 0 Å². The first-order chi connectivity index (χ1) is 26.1. The number of likely N-dealkylation sites (tertiary alicyclic amines) is 1. The Labute approximate surface area is 322 Å². The number of nitrogens with one attached hydrogen (secondary N) is 1. The van der Waals surface area contributed by atoms with Crippen LogP contribution in [0, 0.1) is 11.8 Å². The molecule has 2 aliphatic rings. The van der Waals surface area contributed by atoms with Crippen LogP contribution in [0.1, 0.15) is 103 Å². The molecule has 3 N–H and O–H groups in total. The molecule has 2 heterocycles. The Morgan fingerprint density at radius 3 is 1.57 bits per heavy atom. The second-order valence-electron chi connectivity index (χ2n) is 16.6. The first-order valence-corrected chi connectivity index (χ1v) is 19.9. The largest absolute Gasteiger partial charge is 0.380 e. The molecule has 5 aromatic rings. The van der Waals surface area contributed by atoms with Crippen molar-refractivity contribution < 1.29 is 15.0 Å². The van der Waals surface area contributed by atoms with E-state index in [-0.39, 0.29) is 29.1 Å². The summed E-state index contributed by atoms with van der Waals surface area (Å²) in [4.78, 5) is 15.5. The van der Waals surface area contributed by atoms with Crippen LogP contribution < -0.4 is 5.32 Å². The fraction of sp³-hybridized carbons (Fsp3) is 0.367. The van der Waals surface area contributed by atoms with E-state index in [1.54, 1.807) is 0 Å². The first kappa shape index (κ1) is 37.9. The van der Waals surface area contributed by atoms with Gasteiger partial charge in [0.05, 0.1) is 0 Å². The summed E-state index contributed by atoms with van der Waals surface area (Å²) in [6.07, 6.45) is 3.82. The molecule has 2 saturated heterocycles. The lowest BCUT2D eigenvalue weighted by Crippen LogP contribution is -2.45. The number of benzene rings is 5. The Morgan fingerprint density at radius 2 is 1.07 bits per heavy atom. The van der Waals surface area contributed by atoms with Crippen LogP contribution in [0.2, 0.25) is 0 Å².